The van der Waals surface area contributed by atoms with Crippen molar-refractivity contribution in [3.05, 3.63) is 47.5 Å². The van der Waals surface area contributed by atoms with Gasteiger partial charge in [0.1, 0.15) is 17.4 Å². The first-order chi connectivity index (χ1) is 13.9. The molecule has 0 saturated carbocycles. The molecule has 1 saturated heterocycles. The molecular formula is C20H18F2N2O5. The molecule has 2 aromatic carbocycles. The lowest BCUT2D eigenvalue weighted by molar-refractivity contribution is -0.118. The lowest BCUT2D eigenvalue weighted by Crippen LogP contribution is -2.52. The van der Waals surface area contributed by atoms with Crippen LogP contribution in [0.2, 0.25) is 0 Å². The summed E-state index contributed by atoms with van der Waals surface area (Å²) >= 11 is 0. The summed E-state index contributed by atoms with van der Waals surface area (Å²) in [7, 11) is 1.42. The van der Waals surface area contributed by atoms with Gasteiger partial charge in [0.05, 0.1) is 25.0 Å². The van der Waals surface area contributed by atoms with E-state index in [1.165, 1.54) is 36.3 Å². The number of nitrogens with one attached hydrogen (secondary N) is 1. The van der Waals surface area contributed by atoms with Gasteiger partial charge >= 0.3 is 0 Å². The number of amides is 2. The van der Waals surface area contributed by atoms with Crippen LogP contribution in [0.3, 0.4) is 0 Å². The molecule has 4 rings (SSSR count). The predicted octanol–water partition coefficient (Wildman–Crippen LogP) is 2.46. The van der Waals surface area contributed by atoms with Crippen molar-refractivity contribution in [2.24, 2.45) is 5.92 Å². The van der Waals surface area contributed by atoms with Crippen molar-refractivity contribution in [2.45, 2.75) is 0 Å². The third-order valence-electron chi connectivity index (χ3n) is 4.78. The summed E-state index contributed by atoms with van der Waals surface area (Å²) in [6.45, 7) is 0.901. The van der Waals surface area contributed by atoms with Crippen molar-refractivity contribution in [1.29, 1.82) is 0 Å². The number of hydrogen-bond donors (Lipinski definition) is 1. The highest BCUT2D eigenvalue weighted by atomic mass is 19.1. The molecule has 1 N–H and O–H groups in total. The number of nitrogens with zero attached hydrogens (tertiary/aromatic N) is 1. The Labute approximate surface area is 165 Å². The van der Waals surface area contributed by atoms with Gasteiger partial charge in [-0.1, -0.05) is 0 Å². The number of fused-ring (bicyclic) bond motifs is 1. The molecule has 9 heteroatoms. The van der Waals surface area contributed by atoms with Crippen LogP contribution in [-0.4, -0.2) is 50.1 Å². The van der Waals surface area contributed by atoms with E-state index in [2.05, 4.69) is 5.32 Å². The fraction of sp³-hybridized carbons (Fsp3) is 0.300. The van der Waals surface area contributed by atoms with Crippen molar-refractivity contribution in [3.63, 3.8) is 0 Å². The highest BCUT2D eigenvalue weighted by molar-refractivity contribution is 6.00. The molecular weight excluding hydrogens is 386 g/mol. The molecule has 2 aromatic rings. The Kier molecular flexibility index (Phi) is 4.96. The van der Waals surface area contributed by atoms with E-state index >= 15 is 0 Å². The third kappa shape index (κ3) is 3.80. The van der Waals surface area contributed by atoms with E-state index in [0.717, 1.165) is 6.07 Å². The lowest BCUT2D eigenvalue weighted by Gasteiger charge is -2.39. The lowest BCUT2D eigenvalue weighted by atomic mass is 9.99. The van der Waals surface area contributed by atoms with Crippen molar-refractivity contribution in [1.82, 2.24) is 4.90 Å². The van der Waals surface area contributed by atoms with Crippen LogP contribution < -0.4 is 19.5 Å². The van der Waals surface area contributed by atoms with Crippen molar-refractivity contribution in [2.75, 3.05) is 38.7 Å². The molecule has 152 valence electrons. The molecule has 0 spiro atoms. The fourth-order valence-electron chi connectivity index (χ4n) is 3.25. The summed E-state index contributed by atoms with van der Waals surface area (Å²) < 4.78 is 43.4. The minimum atomic E-state index is -0.708. The first-order valence-corrected chi connectivity index (χ1v) is 8.96. The van der Waals surface area contributed by atoms with E-state index in [0.29, 0.717) is 25.4 Å². The molecule has 0 unspecified atom stereocenters. The molecule has 2 aliphatic rings. The molecule has 7 nitrogen and oxygen atoms in total. The number of benzene rings is 2. The normalized spacial score (nSPS) is 15.7. The second kappa shape index (κ2) is 7.57. The van der Waals surface area contributed by atoms with Crippen LogP contribution in [0.4, 0.5) is 14.5 Å². The maximum Gasteiger partial charge on any atom is 0.262 e. The largest absolute Gasteiger partial charge is 0.493 e. The summed E-state index contributed by atoms with van der Waals surface area (Å²) in [5.41, 5.74) is 0.143. The minimum absolute atomic E-state index is 0.0532. The Morgan fingerprint density at radius 3 is 2.79 bits per heavy atom. The van der Waals surface area contributed by atoms with Gasteiger partial charge in [0.25, 0.3) is 11.8 Å². The van der Waals surface area contributed by atoms with Crippen molar-refractivity contribution >= 4 is 17.5 Å². The zero-order valence-corrected chi connectivity index (χ0v) is 15.5. The highest BCUT2D eigenvalue weighted by Crippen LogP contribution is 2.32. The first-order valence-electron chi connectivity index (χ1n) is 8.96. The summed E-state index contributed by atoms with van der Waals surface area (Å²) in [4.78, 5) is 25.5. The Morgan fingerprint density at radius 2 is 2.03 bits per heavy atom. The molecule has 0 atom stereocenters. The van der Waals surface area contributed by atoms with Crippen molar-refractivity contribution in [3.8, 4) is 17.2 Å². The number of carbonyl (C=O) groups is 2. The fourth-order valence-corrected chi connectivity index (χ4v) is 3.25. The maximum atomic E-state index is 14.3. The standard InChI is InChI=1S/C20H18F2N2O5/c1-27-18-4-12(21)2-3-16(18)28-9-11-7-24(8-11)20(26)13-5-15-17(6-14(13)22)29-10-19(25)23-15/h2-6,11H,7-10H2,1H3,(H,23,25). The molecule has 0 bridgehead atoms. The highest BCUT2D eigenvalue weighted by Gasteiger charge is 2.34. The zero-order chi connectivity index (χ0) is 20.5. The third-order valence-corrected chi connectivity index (χ3v) is 4.78. The second-order valence-corrected chi connectivity index (χ2v) is 6.85. The van der Waals surface area contributed by atoms with E-state index < -0.39 is 17.5 Å². The van der Waals surface area contributed by atoms with E-state index in [9.17, 15) is 18.4 Å². The van der Waals surface area contributed by atoms with Gasteiger partial charge in [-0.25, -0.2) is 8.78 Å². The summed E-state index contributed by atoms with van der Waals surface area (Å²) in [5, 5.41) is 2.56. The quantitative estimate of drug-likeness (QED) is 0.829. The van der Waals surface area contributed by atoms with Gasteiger partial charge in [0, 0.05) is 31.1 Å². The molecule has 0 aromatic heterocycles. The van der Waals surface area contributed by atoms with Gasteiger partial charge in [0.15, 0.2) is 18.1 Å². The Balaban J connectivity index is 1.36. The number of rotatable bonds is 5. The van der Waals surface area contributed by atoms with E-state index in [1.807, 2.05) is 0 Å². The number of halogens is 2. The summed E-state index contributed by atoms with van der Waals surface area (Å²) in [5.74, 6) is -1.02. The predicted molar refractivity (Wildman–Crippen MR) is 98.4 cm³/mol. The van der Waals surface area contributed by atoms with Gasteiger partial charge in [0.2, 0.25) is 0 Å². The summed E-state index contributed by atoms with van der Waals surface area (Å²) in [6, 6.07) is 6.37. The first kappa shape index (κ1) is 19.0. The van der Waals surface area contributed by atoms with Crippen molar-refractivity contribution < 1.29 is 32.6 Å². The van der Waals surface area contributed by atoms with Crippen LogP contribution >= 0.6 is 0 Å². The maximum absolute atomic E-state index is 14.3. The Morgan fingerprint density at radius 1 is 1.24 bits per heavy atom. The molecule has 0 aliphatic carbocycles. The minimum Gasteiger partial charge on any atom is -0.493 e. The monoisotopic (exact) mass is 404 g/mol. The Bertz CT molecular complexity index is 976. The molecule has 1 fully saturated rings. The molecule has 0 radical (unpaired) electrons. The molecule has 2 aliphatic heterocycles. The smallest absolute Gasteiger partial charge is 0.262 e. The number of carbonyl (C=O) groups excluding carboxylic acids is 2. The number of ether oxygens (including phenoxy) is 3. The van der Waals surface area contributed by atoms with Gasteiger partial charge in [-0.2, -0.15) is 0 Å². The number of hydrogen-bond acceptors (Lipinski definition) is 5. The second-order valence-electron chi connectivity index (χ2n) is 6.85. The van der Waals surface area contributed by atoms with Gasteiger partial charge in [-0.3, -0.25) is 9.59 Å². The number of anilines is 1. The van der Waals surface area contributed by atoms with E-state index in [4.69, 9.17) is 14.2 Å². The van der Waals surface area contributed by atoms with Crippen LogP contribution in [0.1, 0.15) is 10.4 Å². The van der Waals surface area contributed by atoms with Gasteiger partial charge < -0.3 is 24.4 Å². The van der Waals surface area contributed by atoms with E-state index in [-0.39, 0.29) is 41.2 Å². The van der Waals surface area contributed by atoms with Crippen LogP contribution in [0.5, 0.6) is 17.2 Å². The Hall–Kier alpha value is -3.36. The van der Waals surface area contributed by atoms with Crippen LogP contribution in [0, 0.1) is 17.6 Å². The zero-order valence-electron chi connectivity index (χ0n) is 15.5. The summed E-state index contributed by atoms with van der Waals surface area (Å²) in [6.07, 6.45) is 0. The van der Waals surface area contributed by atoms with Crippen LogP contribution in [0.25, 0.3) is 0 Å². The van der Waals surface area contributed by atoms with E-state index in [1.54, 1.807) is 0 Å². The molecule has 2 amide bonds. The number of likely N-dealkylation sites (tertiary alicyclic amines) is 1. The van der Waals surface area contributed by atoms with Crippen LogP contribution in [0.15, 0.2) is 30.3 Å². The van der Waals surface area contributed by atoms with Gasteiger partial charge in [-0.05, 0) is 18.2 Å². The molecule has 2 heterocycles. The van der Waals surface area contributed by atoms with Gasteiger partial charge in [-0.15, -0.1) is 0 Å². The average Bonchev–Trinajstić information content (AvgIpc) is 2.67. The number of methoxy groups -OCH3 is 1. The van der Waals surface area contributed by atoms with Crippen LogP contribution in [-0.2, 0) is 4.79 Å². The topological polar surface area (TPSA) is 77.1 Å². The average molecular weight is 404 g/mol. The SMILES string of the molecule is COc1cc(F)ccc1OCC1CN(C(=O)c2cc3c(cc2F)OCC(=O)N3)C1. The molecule has 29 heavy (non-hydrogen) atoms.